The number of nitrogens with two attached hydrogens (primary N) is 1. The van der Waals surface area contributed by atoms with Gasteiger partial charge in [0.2, 0.25) is 11.8 Å². The molecule has 2 heterocycles. The van der Waals surface area contributed by atoms with Gasteiger partial charge in [0.25, 0.3) is 5.56 Å². The minimum atomic E-state index is -0.652. The first-order chi connectivity index (χ1) is 17.2. The molecule has 1 aliphatic rings. The molecule has 1 fully saturated rings. The first-order valence-electron chi connectivity index (χ1n) is 12.7. The monoisotopic (exact) mass is 498 g/mol. The first kappa shape index (κ1) is 27.2. The molecule has 1 saturated heterocycles. The summed E-state index contributed by atoms with van der Waals surface area (Å²) in [6.45, 7) is 8.92. The van der Waals surface area contributed by atoms with Crippen molar-refractivity contribution in [2.75, 3.05) is 49.9 Å². The van der Waals surface area contributed by atoms with Gasteiger partial charge in [-0.15, -0.1) is 0 Å². The van der Waals surface area contributed by atoms with E-state index in [2.05, 4.69) is 4.98 Å². The van der Waals surface area contributed by atoms with E-state index in [0.29, 0.717) is 58.5 Å². The number of nitrogen functional groups attached to an aromatic ring is 1. The standard InChI is InChI=1S/C26H38N6O4/c1-4-6-12-31(23-24(27)32(11-5-2)26(36)28-25(23)35)22(34)18-29-13-15-30(16-14-29)21(33)17-20-9-7-19(3)8-10-20/h7-10H,4-6,11-18,27H2,1-3H3,(H,28,35,36). The van der Waals surface area contributed by atoms with E-state index in [-0.39, 0.29) is 29.9 Å². The maximum atomic E-state index is 13.4. The van der Waals surface area contributed by atoms with Gasteiger partial charge in [0.15, 0.2) is 5.69 Å². The number of piperazine rings is 1. The van der Waals surface area contributed by atoms with E-state index in [9.17, 15) is 19.2 Å². The Morgan fingerprint density at radius 2 is 1.69 bits per heavy atom. The van der Waals surface area contributed by atoms with Gasteiger partial charge in [-0.3, -0.25) is 28.8 Å². The van der Waals surface area contributed by atoms with Crippen LogP contribution in [0.1, 0.15) is 44.2 Å². The van der Waals surface area contributed by atoms with Gasteiger partial charge in [-0.2, -0.15) is 0 Å². The summed E-state index contributed by atoms with van der Waals surface area (Å²) in [6.07, 6.45) is 2.54. The largest absolute Gasteiger partial charge is 0.383 e. The van der Waals surface area contributed by atoms with Crippen LogP contribution >= 0.6 is 0 Å². The second-order valence-electron chi connectivity index (χ2n) is 9.36. The van der Waals surface area contributed by atoms with Crippen molar-refractivity contribution in [3.05, 3.63) is 56.2 Å². The Balaban J connectivity index is 1.67. The molecule has 0 atom stereocenters. The number of hydrogen-bond acceptors (Lipinski definition) is 6. The van der Waals surface area contributed by atoms with E-state index < -0.39 is 11.2 Å². The molecule has 1 aliphatic heterocycles. The summed E-state index contributed by atoms with van der Waals surface area (Å²) in [5.41, 5.74) is 7.19. The summed E-state index contributed by atoms with van der Waals surface area (Å²) in [6, 6.07) is 7.96. The zero-order valence-corrected chi connectivity index (χ0v) is 21.6. The summed E-state index contributed by atoms with van der Waals surface area (Å²) in [4.78, 5) is 58.6. The number of rotatable bonds is 10. The normalized spacial score (nSPS) is 14.1. The number of aromatic nitrogens is 2. The van der Waals surface area contributed by atoms with Gasteiger partial charge in [-0.25, -0.2) is 4.79 Å². The van der Waals surface area contributed by atoms with Crippen LogP contribution < -0.4 is 21.9 Å². The molecular formula is C26H38N6O4. The highest BCUT2D eigenvalue weighted by atomic mass is 16.2. The zero-order valence-electron chi connectivity index (χ0n) is 21.6. The number of unbranched alkanes of at least 4 members (excludes halogenated alkanes) is 1. The lowest BCUT2D eigenvalue weighted by Gasteiger charge is -2.35. The molecule has 2 aromatic rings. The molecule has 10 heteroatoms. The molecule has 0 bridgehead atoms. The van der Waals surface area contributed by atoms with Gasteiger partial charge in [0, 0.05) is 39.3 Å². The van der Waals surface area contributed by atoms with Crippen LogP contribution in [0.3, 0.4) is 0 Å². The predicted molar refractivity (Wildman–Crippen MR) is 141 cm³/mol. The molecule has 3 N–H and O–H groups in total. The van der Waals surface area contributed by atoms with Gasteiger partial charge in [-0.1, -0.05) is 50.1 Å². The van der Waals surface area contributed by atoms with E-state index >= 15 is 0 Å². The fourth-order valence-corrected chi connectivity index (χ4v) is 4.39. The topological polar surface area (TPSA) is 125 Å². The number of amides is 2. The van der Waals surface area contributed by atoms with Crippen LogP contribution in [0, 0.1) is 6.92 Å². The molecule has 3 rings (SSSR count). The number of anilines is 2. The molecule has 0 aliphatic carbocycles. The predicted octanol–water partition coefficient (Wildman–Crippen LogP) is 1.36. The Morgan fingerprint density at radius 3 is 2.31 bits per heavy atom. The number of nitrogens with zero attached hydrogens (tertiary/aromatic N) is 4. The number of aryl methyl sites for hydroxylation is 1. The van der Waals surface area contributed by atoms with Gasteiger partial charge >= 0.3 is 5.69 Å². The number of H-pyrrole nitrogens is 1. The van der Waals surface area contributed by atoms with E-state index in [4.69, 9.17) is 5.73 Å². The smallest absolute Gasteiger partial charge is 0.330 e. The highest BCUT2D eigenvalue weighted by Gasteiger charge is 2.27. The highest BCUT2D eigenvalue weighted by Crippen LogP contribution is 2.19. The Morgan fingerprint density at radius 1 is 1.03 bits per heavy atom. The molecule has 1 aromatic carbocycles. The maximum absolute atomic E-state index is 13.4. The minimum Gasteiger partial charge on any atom is -0.383 e. The number of carbonyl (C=O) groups is 2. The summed E-state index contributed by atoms with van der Waals surface area (Å²) in [5, 5.41) is 0. The number of carbonyl (C=O) groups excluding carboxylic acids is 2. The summed E-state index contributed by atoms with van der Waals surface area (Å²) < 4.78 is 1.31. The Hall–Kier alpha value is -3.40. The summed E-state index contributed by atoms with van der Waals surface area (Å²) >= 11 is 0. The van der Waals surface area contributed by atoms with Crippen LogP contribution in [0.4, 0.5) is 11.5 Å². The van der Waals surface area contributed by atoms with E-state index in [1.54, 1.807) is 0 Å². The zero-order chi connectivity index (χ0) is 26.2. The lowest BCUT2D eigenvalue weighted by atomic mass is 10.1. The third-order valence-corrected chi connectivity index (χ3v) is 6.53. The van der Waals surface area contributed by atoms with Crippen molar-refractivity contribution in [1.29, 1.82) is 0 Å². The van der Waals surface area contributed by atoms with Crippen LogP contribution in [-0.4, -0.2) is 70.4 Å². The lowest BCUT2D eigenvalue weighted by molar-refractivity contribution is -0.132. The average molecular weight is 499 g/mol. The lowest BCUT2D eigenvalue weighted by Crippen LogP contribution is -2.52. The average Bonchev–Trinajstić information content (AvgIpc) is 2.85. The van der Waals surface area contributed by atoms with Crippen LogP contribution in [0.2, 0.25) is 0 Å². The number of nitrogens with one attached hydrogen (secondary N) is 1. The first-order valence-corrected chi connectivity index (χ1v) is 12.7. The molecule has 0 spiro atoms. The van der Waals surface area contributed by atoms with Crippen LogP contribution in [0.25, 0.3) is 0 Å². The maximum Gasteiger partial charge on any atom is 0.330 e. The Bertz CT molecular complexity index is 1160. The highest BCUT2D eigenvalue weighted by molar-refractivity contribution is 5.96. The molecule has 2 amide bonds. The van der Waals surface area contributed by atoms with Gasteiger partial charge < -0.3 is 15.5 Å². The molecular weight excluding hydrogens is 460 g/mol. The summed E-state index contributed by atoms with van der Waals surface area (Å²) in [7, 11) is 0. The van der Waals surface area contributed by atoms with Crippen molar-refractivity contribution in [2.45, 2.75) is 53.0 Å². The van der Waals surface area contributed by atoms with Crippen molar-refractivity contribution >= 4 is 23.3 Å². The van der Waals surface area contributed by atoms with Gasteiger partial charge in [0.1, 0.15) is 5.82 Å². The number of benzene rings is 1. The van der Waals surface area contributed by atoms with E-state index in [0.717, 1.165) is 17.5 Å². The van der Waals surface area contributed by atoms with Crippen molar-refractivity contribution in [3.63, 3.8) is 0 Å². The summed E-state index contributed by atoms with van der Waals surface area (Å²) in [5.74, 6) is -0.157. The molecule has 1 aromatic heterocycles. The molecule has 10 nitrogen and oxygen atoms in total. The molecule has 0 unspecified atom stereocenters. The fraction of sp³-hybridized carbons (Fsp3) is 0.538. The Labute approximate surface area is 211 Å². The molecule has 196 valence electrons. The quantitative estimate of drug-likeness (QED) is 0.510. The van der Waals surface area contributed by atoms with E-state index in [1.165, 1.54) is 9.47 Å². The number of hydrogen-bond donors (Lipinski definition) is 2. The van der Waals surface area contributed by atoms with Crippen LogP contribution in [0.15, 0.2) is 33.9 Å². The van der Waals surface area contributed by atoms with Crippen molar-refractivity contribution in [2.24, 2.45) is 0 Å². The second kappa shape index (κ2) is 12.5. The Kier molecular flexibility index (Phi) is 9.46. The third-order valence-electron chi connectivity index (χ3n) is 6.53. The van der Waals surface area contributed by atoms with Crippen LogP contribution in [0.5, 0.6) is 0 Å². The van der Waals surface area contributed by atoms with Crippen molar-refractivity contribution in [3.8, 4) is 0 Å². The fourth-order valence-electron chi connectivity index (χ4n) is 4.39. The molecule has 36 heavy (non-hydrogen) atoms. The van der Waals surface area contributed by atoms with Crippen LogP contribution in [-0.2, 0) is 22.6 Å². The molecule has 0 radical (unpaired) electrons. The number of aromatic amines is 1. The SMILES string of the molecule is CCCCN(C(=O)CN1CCN(C(=O)Cc2ccc(C)cc2)CC1)c1c(N)n(CCC)c(=O)[nH]c1=O. The van der Waals surface area contributed by atoms with Gasteiger partial charge in [0.05, 0.1) is 13.0 Å². The van der Waals surface area contributed by atoms with E-state index in [1.807, 2.05) is 54.8 Å². The second-order valence-corrected chi connectivity index (χ2v) is 9.36. The molecule has 0 saturated carbocycles. The van der Waals surface area contributed by atoms with Crippen molar-refractivity contribution in [1.82, 2.24) is 19.4 Å². The van der Waals surface area contributed by atoms with Gasteiger partial charge in [-0.05, 0) is 25.3 Å². The third kappa shape index (κ3) is 6.63. The minimum absolute atomic E-state index is 0.0153. The van der Waals surface area contributed by atoms with Crippen molar-refractivity contribution < 1.29 is 9.59 Å².